The van der Waals surface area contributed by atoms with E-state index >= 15 is 0 Å². The van der Waals surface area contributed by atoms with Gasteiger partial charge in [0.15, 0.2) is 0 Å². The SMILES string of the molecule is CCCCC1CCC([Si](C)(C)[Si](C)(C)C2CCC3C(c4cc(C(C)(C)C)c(OC)c(C(C)(C)C)c4)CCCC32)C1.[CH3-].[CH3-].[Cl][Zr+2][Cl]. The Morgan fingerprint density at radius 3 is 1.84 bits per heavy atom. The number of hydrogen-bond donors (Lipinski definition) is 0. The molecule has 0 heterocycles. The zero-order chi connectivity index (χ0) is 32.4. The summed E-state index contributed by atoms with van der Waals surface area (Å²) < 4.78 is 6.15. The summed E-state index contributed by atoms with van der Waals surface area (Å²) in [7, 11) is 9.13. The van der Waals surface area contributed by atoms with Gasteiger partial charge in [-0.25, -0.2) is 0 Å². The summed E-state index contributed by atoms with van der Waals surface area (Å²) in [5.41, 5.74) is 6.77. The summed E-state index contributed by atoms with van der Waals surface area (Å²) in [6, 6.07) is 5.18. The third kappa shape index (κ3) is 9.79. The van der Waals surface area contributed by atoms with Gasteiger partial charge in [-0.1, -0.05) is 145 Å². The van der Waals surface area contributed by atoms with Crippen molar-refractivity contribution in [3.63, 3.8) is 0 Å². The second-order valence-electron chi connectivity index (χ2n) is 17.7. The van der Waals surface area contributed by atoms with Gasteiger partial charge in [0.1, 0.15) is 5.75 Å². The molecule has 1 aromatic carbocycles. The summed E-state index contributed by atoms with van der Waals surface area (Å²) in [6.45, 7) is 28.1. The molecule has 0 radical (unpaired) electrons. The van der Waals surface area contributed by atoms with Gasteiger partial charge in [-0.2, -0.15) is 0 Å². The quantitative estimate of drug-likeness (QED) is 0.189. The molecule has 3 aliphatic rings. The van der Waals surface area contributed by atoms with Gasteiger partial charge < -0.3 is 19.6 Å². The van der Waals surface area contributed by atoms with E-state index in [0.717, 1.165) is 40.5 Å². The van der Waals surface area contributed by atoms with E-state index in [4.69, 9.17) is 21.8 Å². The second-order valence-corrected chi connectivity index (χ2v) is 37.6. The molecule has 0 saturated heterocycles. The molecule has 6 heteroatoms. The second kappa shape index (κ2) is 17.7. The van der Waals surface area contributed by atoms with Crippen molar-refractivity contribution in [2.75, 3.05) is 7.11 Å². The number of methoxy groups -OCH3 is 1. The van der Waals surface area contributed by atoms with Crippen LogP contribution in [0, 0.1) is 32.6 Å². The minimum absolute atomic E-state index is 0. The number of halogens is 2. The van der Waals surface area contributed by atoms with E-state index in [-0.39, 0.29) is 25.7 Å². The van der Waals surface area contributed by atoms with E-state index in [1.807, 2.05) is 7.11 Å². The third-order valence-electron chi connectivity index (χ3n) is 12.9. The first-order valence-electron chi connectivity index (χ1n) is 17.6. The molecule has 3 aliphatic carbocycles. The Bertz CT molecular complexity index is 1010. The van der Waals surface area contributed by atoms with Crippen LogP contribution >= 0.6 is 17.0 Å². The van der Waals surface area contributed by atoms with E-state index in [9.17, 15) is 0 Å². The molecule has 1 nitrogen and oxygen atoms in total. The molecule has 0 bridgehead atoms. The van der Waals surface area contributed by atoms with Gasteiger partial charge in [0.2, 0.25) is 0 Å². The number of rotatable bonds is 8. The Morgan fingerprint density at radius 2 is 1.36 bits per heavy atom. The van der Waals surface area contributed by atoms with Gasteiger partial charge in [-0.3, -0.25) is 0 Å². The van der Waals surface area contributed by atoms with Crippen LogP contribution in [0.4, 0.5) is 0 Å². The number of fused-ring (bicyclic) bond motifs is 1. The van der Waals surface area contributed by atoms with Crippen LogP contribution in [0.1, 0.15) is 142 Å². The van der Waals surface area contributed by atoms with Crippen molar-refractivity contribution in [2.24, 2.45) is 17.8 Å². The Labute approximate surface area is 303 Å². The first-order valence-corrected chi connectivity index (χ1v) is 31.1. The van der Waals surface area contributed by atoms with Crippen LogP contribution in [0.5, 0.6) is 5.75 Å². The van der Waals surface area contributed by atoms with Crippen molar-refractivity contribution in [3.8, 4) is 5.75 Å². The zero-order valence-electron chi connectivity index (χ0n) is 32.1. The number of ether oxygens (including phenoxy) is 1. The molecular formula is C39H72Cl2OSi2Zr. The maximum atomic E-state index is 6.15. The fourth-order valence-electron chi connectivity index (χ4n) is 9.80. The van der Waals surface area contributed by atoms with Crippen LogP contribution in [0.15, 0.2) is 12.1 Å². The van der Waals surface area contributed by atoms with Crippen molar-refractivity contribution in [2.45, 2.75) is 173 Å². The molecular weight excluding hydrogens is 703 g/mol. The average molecular weight is 775 g/mol. The molecule has 1 aromatic rings. The summed E-state index contributed by atoms with van der Waals surface area (Å²) in [5.74, 6) is 4.78. The van der Waals surface area contributed by atoms with E-state index in [1.165, 1.54) is 68.9 Å². The first-order chi connectivity index (χ1) is 19.9. The summed E-state index contributed by atoms with van der Waals surface area (Å²) in [4.78, 5) is 0. The maximum absolute atomic E-state index is 6.15. The minimum atomic E-state index is -1.34. The Morgan fingerprint density at radius 1 is 0.800 bits per heavy atom. The molecule has 45 heavy (non-hydrogen) atoms. The van der Waals surface area contributed by atoms with Gasteiger partial charge in [-0.05, 0) is 64.0 Å². The van der Waals surface area contributed by atoms with Crippen LogP contribution in [-0.2, 0) is 31.7 Å². The van der Waals surface area contributed by atoms with Crippen LogP contribution in [0.3, 0.4) is 0 Å². The molecule has 0 aliphatic heterocycles. The predicted octanol–water partition coefficient (Wildman–Crippen LogP) is 14.1. The van der Waals surface area contributed by atoms with Crippen molar-refractivity contribution >= 4 is 32.2 Å². The molecule has 0 amide bonds. The van der Waals surface area contributed by atoms with Crippen LogP contribution in [-0.4, -0.2) is 22.3 Å². The summed E-state index contributed by atoms with van der Waals surface area (Å²) in [6.07, 6.45) is 16.3. The van der Waals surface area contributed by atoms with Crippen LogP contribution in [0.2, 0.25) is 37.3 Å². The summed E-state index contributed by atoms with van der Waals surface area (Å²) in [5, 5.41) is 0. The molecule has 3 saturated carbocycles. The fraction of sp³-hybridized carbons (Fsp3) is 0.795. The number of unbranched alkanes of at least 4 members (excludes halogenated alkanes) is 1. The standard InChI is InChI=1S/C37H66OSi2.2CH3.2ClH.Zr/c1-13-14-16-26-19-20-28(23-26)39(9,10)40(11,12)34-22-21-30-29(17-15-18-31(30)34)27-24-32(36(2,3)4)35(38-8)33(25-27)37(5,6)7;;;;;/h24-26,28-31,34H,13-23H2,1-12H3;2*1H3;2*1H;/q;2*-1;;;+4/p-2. The van der Waals surface area contributed by atoms with E-state index < -0.39 is 36.0 Å². The Balaban J connectivity index is 0.00000195. The molecule has 0 spiro atoms. The number of hydrogen-bond acceptors (Lipinski definition) is 1. The summed E-state index contributed by atoms with van der Waals surface area (Å²) >= 11 is -0.826. The molecule has 0 aromatic heterocycles. The topological polar surface area (TPSA) is 9.23 Å². The molecule has 4 rings (SSSR count). The van der Waals surface area contributed by atoms with Crippen molar-refractivity contribution in [1.82, 2.24) is 0 Å². The monoisotopic (exact) mass is 772 g/mol. The van der Waals surface area contributed by atoms with Crippen LogP contribution in [0.25, 0.3) is 0 Å². The number of benzene rings is 1. The first kappa shape index (κ1) is 43.9. The van der Waals surface area contributed by atoms with Crippen LogP contribution < -0.4 is 4.74 Å². The van der Waals surface area contributed by atoms with Gasteiger partial charge in [0.05, 0.1) is 7.11 Å². The normalized spacial score (nSPS) is 26.9. The van der Waals surface area contributed by atoms with Gasteiger partial charge in [-0.15, -0.1) is 0 Å². The van der Waals surface area contributed by atoms with E-state index in [1.54, 1.807) is 18.4 Å². The van der Waals surface area contributed by atoms with Crippen molar-refractivity contribution in [3.05, 3.63) is 43.7 Å². The van der Waals surface area contributed by atoms with Crippen molar-refractivity contribution in [1.29, 1.82) is 0 Å². The van der Waals surface area contributed by atoms with Gasteiger partial charge >= 0.3 is 37.9 Å². The average Bonchev–Trinajstić information content (AvgIpc) is 3.58. The third-order valence-corrected chi connectivity index (χ3v) is 33.7. The van der Waals surface area contributed by atoms with Gasteiger partial charge in [0.25, 0.3) is 0 Å². The Kier molecular flexibility index (Phi) is 17.3. The van der Waals surface area contributed by atoms with E-state index in [0.29, 0.717) is 0 Å². The predicted molar refractivity (Wildman–Crippen MR) is 207 cm³/mol. The molecule has 6 unspecified atom stereocenters. The fourth-order valence-corrected chi connectivity index (χ4v) is 23.9. The molecule has 3 fully saturated rings. The van der Waals surface area contributed by atoms with E-state index in [2.05, 4.69) is 86.8 Å². The molecule has 6 atom stereocenters. The zero-order valence-corrected chi connectivity index (χ0v) is 38.0. The van der Waals surface area contributed by atoms with Crippen molar-refractivity contribution < 1.29 is 25.6 Å². The molecule has 260 valence electrons. The Hall–Kier alpha value is 0.917. The molecule has 0 N–H and O–H groups in total. The van der Waals surface area contributed by atoms with Gasteiger partial charge in [0, 0.05) is 26.3 Å².